The van der Waals surface area contributed by atoms with Crippen molar-refractivity contribution in [2.75, 3.05) is 18.6 Å². The Balaban J connectivity index is 1.71. The molecule has 1 aromatic rings. The van der Waals surface area contributed by atoms with Crippen molar-refractivity contribution in [2.45, 2.75) is 44.4 Å². The van der Waals surface area contributed by atoms with Gasteiger partial charge in [0.25, 0.3) is 0 Å². The summed E-state index contributed by atoms with van der Waals surface area (Å²) in [5.74, 6) is -0.303. The summed E-state index contributed by atoms with van der Waals surface area (Å²) < 4.78 is 4.72. The Morgan fingerprint density at radius 2 is 2.05 bits per heavy atom. The Morgan fingerprint density at radius 3 is 2.76 bits per heavy atom. The molecule has 2 fully saturated rings. The van der Waals surface area contributed by atoms with E-state index >= 15 is 0 Å². The normalized spacial score (nSPS) is 23.6. The highest BCUT2D eigenvalue weighted by atomic mass is 32.1. The number of carbonyl (C=O) groups is 2. The van der Waals surface area contributed by atoms with Crippen molar-refractivity contribution in [3.05, 3.63) is 5.01 Å². The molecule has 0 bridgehead atoms. The van der Waals surface area contributed by atoms with Crippen LogP contribution in [0.25, 0.3) is 0 Å². The maximum atomic E-state index is 12.0. The number of aromatic nitrogens is 2. The maximum absolute atomic E-state index is 12.0. The van der Waals surface area contributed by atoms with E-state index in [0.29, 0.717) is 17.6 Å². The van der Waals surface area contributed by atoms with Gasteiger partial charge in [-0.05, 0) is 12.8 Å². The Labute approximate surface area is 127 Å². The summed E-state index contributed by atoms with van der Waals surface area (Å²) in [4.78, 5) is 25.2. The third-order valence-electron chi connectivity index (χ3n) is 4.27. The Morgan fingerprint density at radius 1 is 1.29 bits per heavy atom. The molecule has 0 N–H and O–H groups in total. The summed E-state index contributed by atoms with van der Waals surface area (Å²) in [5.41, 5.74) is 0. The average molecular weight is 309 g/mol. The molecule has 6 nitrogen and oxygen atoms in total. The van der Waals surface area contributed by atoms with Crippen LogP contribution in [-0.2, 0) is 14.3 Å². The van der Waals surface area contributed by atoms with Crippen molar-refractivity contribution in [3.63, 3.8) is 0 Å². The van der Waals surface area contributed by atoms with Gasteiger partial charge in [-0.3, -0.25) is 14.5 Å². The van der Waals surface area contributed by atoms with Crippen molar-refractivity contribution >= 4 is 28.3 Å². The quantitative estimate of drug-likeness (QED) is 0.800. The van der Waals surface area contributed by atoms with Crippen LogP contribution in [0.5, 0.6) is 0 Å². The summed E-state index contributed by atoms with van der Waals surface area (Å²) in [6.07, 6.45) is 6.30. The van der Waals surface area contributed by atoms with E-state index in [1.807, 2.05) is 0 Å². The molecule has 1 aromatic heterocycles. The second kappa shape index (κ2) is 6.09. The first-order valence-corrected chi connectivity index (χ1v) is 8.22. The van der Waals surface area contributed by atoms with Crippen molar-refractivity contribution in [3.8, 4) is 0 Å². The molecule has 1 aliphatic heterocycles. The van der Waals surface area contributed by atoms with E-state index in [0.717, 1.165) is 17.8 Å². The summed E-state index contributed by atoms with van der Waals surface area (Å²) in [6, 6.07) is 0. The molecular formula is C14H19N3O3S. The molecule has 2 aliphatic rings. The molecule has 1 saturated heterocycles. The van der Waals surface area contributed by atoms with E-state index in [4.69, 9.17) is 4.74 Å². The topological polar surface area (TPSA) is 72.4 Å². The van der Waals surface area contributed by atoms with Gasteiger partial charge in [-0.25, -0.2) is 0 Å². The summed E-state index contributed by atoms with van der Waals surface area (Å²) in [5, 5.41) is 10.1. The molecule has 3 rings (SSSR count). The highest BCUT2D eigenvalue weighted by Crippen LogP contribution is 2.37. The SMILES string of the molecule is COC(=O)C1CC(=O)N(c2nnc(C3CCCCC3)s2)C1. The number of anilines is 1. The number of methoxy groups -OCH3 is 1. The van der Waals surface area contributed by atoms with Gasteiger partial charge in [0.1, 0.15) is 5.01 Å². The lowest BCUT2D eigenvalue weighted by molar-refractivity contribution is -0.145. The molecule has 114 valence electrons. The zero-order valence-electron chi connectivity index (χ0n) is 12.1. The van der Waals surface area contributed by atoms with Gasteiger partial charge < -0.3 is 4.74 Å². The van der Waals surface area contributed by atoms with Gasteiger partial charge in [0.15, 0.2) is 0 Å². The fourth-order valence-electron chi connectivity index (χ4n) is 3.07. The van der Waals surface area contributed by atoms with Crippen molar-refractivity contribution in [1.29, 1.82) is 0 Å². The minimum Gasteiger partial charge on any atom is -0.469 e. The van der Waals surface area contributed by atoms with Crippen LogP contribution < -0.4 is 4.90 Å². The van der Waals surface area contributed by atoms with Gasteiger partial charge in [0, 0.05) is 18.9 Å². The Hall–Kier alpha value is -1.50. The second-order valence-electron chi connectivity index (χ2n) is 5.69. The monoisotopic (exact) mass is 309 g/mol. The molecule has 0 aromatic carbocycles. The lowest BCUT2D eigenvalue weighted by Gasteiger charge is -2.18. The van der Waals surface area contributed by atoms with Crippen LogP contribution in [0.2, 0.25) is 0 Å². The number of rotatable bonds is 3. The fraction of sp³-hybridized carbons (Fsp3) is 0.714. The third-order valence-corrected chi connectivity index (χ3v) is 5.38. The number of amides is 1. The standard InChI is InChI=1S/C14H19N3O3S/c1-20-13(19)10-7-11(18)17(8-10)14-16-15-12(21-14)9-5-3-2-4-6-9/h9-10H,2-8H2,1H3. The van der Waals surface area contributed by atoms with Gasteiger partial charge in [-0.15, -0.1) is 10.2 Å². The van der Waals surface area contributed by atoms with E-state index in [2.05, 4.69) is 10.2 Å². The molecule has 7 heteroatoms. The Bertz CT molecular complexity index is 539. The summed E-state index contributed by atoms with van der Waals surface area (Å²) >= 11 is 1.49. The molecule has 0 spiro atoms. The largest absolute Gasteiger partial charge is 0.469 e. The molecule has 1 unspecified atom stereocenters. The van der Waals surface area contributed by atoms with E-state index in [1.54, 1.807) is 4.90 Å². The zero-order valence-corrected chi connectivity index (χ0v) is 12.9. The van der Waals surface area contributed by atoms with Gasteiger partial charge >= 0.3 is 5.97 Å². The maximum Gasteiger partial charge on any atom is 0.311 e. The molecule has 1 aliphatic carbocycles. The van der Waals surface area contributed by atoms with Crippen molar-refractivity contribution in [1.82, 2.24) is 10.2 Å². The number of carbonyl (C=O) groups excluding carboxylic acids is 2. The lowest BCUT2D eigenvalue weighted by Crippen LogP contribution is -2.26. The zero-order chi connectivity index (χ0) is 14.8. The van der Waals surface area contributed by atoms with Crippen LogP contribution >= 0.6 is 11.3 Å². The van der Waals surface area contributed by atoms with Gasteiger partial charge in [0.05, 0.1) is 13.0 Å². The number of ether oxygens (including phenoxy) is 1. The molecule has 0 radical (unpaired) electrons. The molecule has 1 amide bonds. The van der Waals surface area contributed by atoms with E-state index in [-0.39, 0.29) is 24.2 Å². The smallest absolute Gasteiger partial charge is 0.311 e. The predicted octanol–water partition coefficient (Wildman–Crippen LogP) is 2.11. The van der Waals surface area contributed by atoms with Crippen LogP contribution in [0.3, 0.4) is 0 Å². The van der Waals surface area contributed by atoms with E-state index < -0.39 is 0 Å². The number of esters is 1. The average Bonchev–Trinajstić information content (AvgIpc) is 3.14. The first-order chi connectivity index (χ1) is 10.2. The highest BCUT2D eigenvalue weighted by Gasteiger charge is 2.37. The number of nitrogens with zero attached hydrogens (tertiary/aromatic N) is 3. The Kier molecular flexibility index (Phi) is 4.19. The number of hydrogen-bond acceptors (Lipinski definition) is 6. The van der Waals surface area contributed by atoms with Gasteiger partial charge in [0.2, 0.25) is 11.0 Å². The van der Waals surface area contributed by atoms with E-state index in [1.165, 1.54) is 37.7 Å². The minimum absolute atomic E-state index is 0.0725. The van der Waals surface area contributed by atoms with Crippen LogP contribution in [-0.4, -0.2) is 35.7 Å². The summed E-state index contributed by atoms with van der Waals surface area (Å²) in [7, 11) is 1.35. The molecule has 1 atom stereocenters. The first kappa shape index (κ1) is 14.4. The molecule has 2 heterocycles. The minimum atomic E-state index is -0.385. The third kappa shape index (κ3) is 2.92. The van der Waals surface area contributed by atoms with Crippen LogP contribution in [0, 0.1) is 5.92 Å². The molecule has 1 saturated carbocycles. The second-order valence-corrected chi connectivity index (χ2v) is 6.67. The fourth-order valence-corrected chi connectivity index (χ4v) is 4.11. The summed E-state index contributed by atoms with van der Waals surface area (Å²) in [6.45, 7) is 0.352. The van der Waals surface area contributed by atoms with Crippen molar-refractivity contribution in [2.24, 2.45) is 5.92 Å². The lowest BCUT2D eigenvalue weighted by atomic mass is 9.90. The molecular weight excluding hydrogens is 290 g/mol. The van der Waals surface area contributed by atoms with Gasteiger partial charge in [-0.2, -0.15) is 0 Å². The van der Waals surface area contributed by atoms with Crippen LogP contribution in [0.15, 0.2) is 0 Å². The van der Waals surface area contributed by atoms with E-state index in [9.17, 15) is 9.59 Å². The molecule has 21 heavy (non-hydrogen) atoms. The van der Waals surface area contributed by atoms with Crippen LogP contribution in [0.1, 0.15) is 49.5 Å². The van der Waals surface area contributed by atoms with Gasteiger partial charge in [-0.1, -0.05) is 30.6 Å². The number of hydrogen-bond donors (Lipinski definition) is 0. The van der Waals surface area contributed by atoms with Crippen molar-refractivity contribution < 1.29 is 14.3 Å². The first-order valence-electron chi connectivity index (χ1n) is 7.40. The highest BCUT2D eigenvalue weighted by molar-refractivity contribution is 7.15. The van der Waals surface area contributed by atoms with Crippen LogP contribution in [0.4, 0.5) is 5.13 Å². The predicted molar refractivity (Wildman–Crippen MR) is 78.2 cm³/mol.